The molecule has 106 valence electrons. The summed E-state index contributed by atoms with van der Waals surface area (Å²) >= 11 is 2.17. The Hall–Kier alpha value is -1.89. The van der Waals surface area contributed by atoms with Crippen LogP contribution >= 0.6 is 22.6 Å². The minimum absolute atomic E-state index is 0.227. The molecule has 1 heterocycles. The van der Waals surface area contributed by atoms with Crippen LogP contribution in [0.4, 0.5) is 5.69 Å². The molecule has 0 fully saturated rings. The van der Waals surface area contributed by atoms with E-state index >= 15 is 0 Å². The number of ketones is 1. The Balaban J connectivity index is 2.06. The van der Waals surface area contributed by atoms with Gasteiger partial charge in [0.2, 0.25) is 0 Å². The van der Waals surface area contributed by atoms with Gasteiger partial charge in [-0.15, -0.1) is 0 Å². The second kappa shape index (κ2) is 5.48. The molecule has 2 aromatic rings. The largest absolute Gasteiger partial charge is 0.497 e. The predicted molar refractivity (Wildman–Crippen MR) is 88.0 cm³/mol. The summed E-state index contributed by atoms with van der Waals surface area (Å²) in [5, 5.41) is 0. The van der Waals surface area contributed by atoms with Gasteiger partial charge in [-0.1, -0.05) is 52.9 Å². The normalized spacial score (nSPS) is 15.0. The SMILES string of the molecule is COc1ccc2c(c1)C(=O)C(=O)N2C(I)c1ccccc1. The zero-order valence-electron chi connectivity index (χ0n) is 11.2. The third kappa shape index (κ3) is 2.31. The van der Waals surface area contributed by atoms with E-state index < -0.39 is 11.7 Å². The zero-order valence-corrected chi connectivity index (χ0v) is 13.4. The standard InChI is InChI=1S/C16H12INO3/c1-21-11-7-8-13-12(9-11)14(19)16(20)18(13)15(17)10-5-3-2-4-6-10/h2-9,15H,1H3. The number of ether oxygens (including phenoxy) is 1. The lowest BCUT2D eigenvalue weighted by atomic mass is 10.1. The van der Waals surface area contributed by atoms with E-state index in [-0.39, 0.29) is 4.05 Å². The molecule has 0 saturated heterocycles. The van der Waals surface area contributed by atoms with E-state index in [4.69, 9.17) is 4.74 Å². The molecule has 2 aromatic carbocycles. The number of hydrogen-bond acceptors (Lipinski definition) is 3. The second-order valence-electron chi connectivity index (χ2n) is 4.63. The van der Waals surface area contributed by atoms with E-state index in [1.807, 2.05) is 30.3 Å². The highest BCUT2D eigenvalue weighted by molar-refractivity contribution is 14.1. The van der Waals surface area contributed by atoms with Gasteiger partial charge < -0.3 is 4.74 Å². The molecule has 4 nitrogen and oxygen atoms in total. The molecule has 0 aliphatic carbocycles. The summed E-state index contributed by atoms with van der Waals surface area (Å²) in [5.41, 5.74) is 2.01. The van der Waals surface area contributed by atoms with Crippen LogP contribution in [0.2, 0.25) is 0 Å². The Morgan fingerprint density at radius 1 is 1.10 bits per heavy atom. The van der Waals surface area contributed by atoms with Gasteiger partial charge in [0.1, 0.15) is 9.80 Å². The number of amides is 1. The molecule has 5 heteroatoms. The summed E-state index contributed by atoms with van der Waals surface area (Å²) < 4.78 is 4.89. The molecule has 1 atom stereocenters. The third-order valence-electron chi connectivity index (χ3n) is 3.42. The first kappa shape index (κ1) is 14.1. The van der Waals surface area contributed by atoms with Gasteiger partial charge in [-0.2, -0.15) is 0 Å². The summed E-state index contributed by atoms with van der Waals surface area (Å²) in [6.45, 7) is 0. The molecule has 0 radical (unpaired) electrons. The molecular formula is C16H12INO3. The van der Waals surface area contributed by atoms with Crippen LogP contribution in [0.25, 0.3) is 0 Å². The van der Waals surface area contributed by atoms with E-state index in [0.29, 0.717) is 17.0 Å². The van der Waals surface area contributed by atoms with Crippen LogP contribution in [-0.4, -0.2) is 18.8 Å². The second-order valence-corrected chi connectivity index (χ2v) is 5.81. The van der Waals surface area contributed by atoms with Crippen LogP contribution in [0.15, 0.2) is 48.5 Å². The zero-order chi connectivity index (χ0) is 15.0. The van der Waals surface area contributed by atoms with Crippen molar-refractivity contribution in [2.45, 2.75) is 4.05 Å². The monoisotopic (exact) mass is 393 g/mol. The van der Waals surface area contributed by atoms with E-state index in [0.717, 1.165) is 5.56 Å². The number of carbonyl (C=O) groups is 2. The van der Waals surface area contributed by atoms with Gasteiger partial charge >= 0.3 is 5.91 Å². The minimum Gasteiger partial charge on any atom is -0.497 e. The lowest BCUT2D eigenvalue weighted by Crippen LogP contribution is -2.30. The van der Waals surface area contributed by atoms with Gasteiger partial charge in [-0.3, -0.25) is 14.5 Å². The number of carbonyl (C=O) groups excluding carboxylic acids is 2. The molecule has 3 rings (SSSR count). The Kier molecular flexibility index (Phi) is 3.67. The van der Waals surface area contributed by atoms with Crippen LogP contribution < -0.4 is 9.64 Å². The van der Waals surface area contributed by atoms with E-state index in [1.54, 1.807) is 18.2 Å². The van der Waals surface area contributed by atoms with Crippen LogP contribution in [0.5, 0.6) is 5.75 Å². The molecule has 1 amide bonds. The molecule has 1 unspecified atom stereocenters. The number of hydrogen-bond donors (Lipinski definition) is 0. The average Bonchev–Trinajstić information content (AvgIpc) is 2.78. The molecule has 0 saturated carbocycles. The Morgan fingerprint density at radius 2 is 1.81 bits per heavy atom. The molecule has 0 spiro atoms. The lowest BCUT2D eigenvalue weighted by Gasteiger charge is -2.23. The lowest BCUT2D eigenvalue weighted by molar-refractivity contribution is -0.114. The molecule has 0 aromatic heterocycles. The van der Waals surface area contributed by atoms with Crippen LogP contribution in [-0.2, 0) is 4.79 Å². The predicted octanol–water partition coefficient (Wildman–Crippen LogP) is 3.36. The molecule has 1 aliphatic heterocycles. The fraction of sp³-hybridized carbons (Fsp3) is 0.125. The number of Topliss-reactive ketones (excluding diaryl/α,β-unsaturated/α-hetero) is 1. The molecular weight excluding hydrogens is 381 g/mol. The number of benzene rings is 2. The van der Waals surface area contributed by atoms with E-state index in [2.05, 4.69) is 22.6 Å². The highest BCUT2D eigenvalue weighted by Crippen LogP contribution is 2.40. The van der Waals surface area contributed by atoms with Gasteiger partial charge in [-0.25, -0.2) is 0 Å². The van der Waals surface area contributed by atoms with Crippen LogP contribution in [0.1, 0.15) is 20.0 Å². The first-order valence-corrected chi connectivity index (χ1v) is 7.63. The summed E-state index contributed by atoms with van der Waals surface area (Å²) in [6, 6.07) is 14.8. The third-order valence-corrected chi connectivity index (χ3v) is 4.70. The number of anilines is 1. The van der Waals surface area contributed by atoms with Gasteiger partial charge in [0.15, 0.2) is 0 Å². The molecule has 0 bridgehead atoms. The number of alkyl halides is 1. The minimum atomic E-state index is -0.499. The first-order chi connectivity index (χ1) is 10.1. The highest BCUT2D eigenvalue weighted by Gasteiger charge is 2.39. The van der Waals surface area contributed by atoms with E-state index in [9.17, 15) is 9.59 Å². The van der Waals surface area contributed by atoms with Crippen molar-refractivity contribution in [1.82, 2.24) is 0 Å². The van der Waals surface area contributed by atoms with Crippen molar-refractivity contribution >= 4 is 40.0 Å². The Labute approximate surface area is 135 Å². The molecule has 21 heavy (non-hydrogen) atoms. The average molecular weight is 393 g/mol. The first-order valence-electron chi connectivity index (χ1n) is 6.38. The van der Waals surface area contributed by atoms with Gasteiger partial charge in [0.05, 0.1) is 18.4 Å². The van der Waals surface area contributed by atoms with Crippen LogP contribution in [0, 0.1) is 0 Å². The number of halogens is 1. The Morgan fingerprint density at radius 3 is 2.48 bits per heavy atom. The summed E-state index contributed by atoms with van der Waals surface area (Å²) in [7, 11) is 1.53. The summed E-state index contributed by atoms with van der Waals surface area (Å²) in [5.74, 6) is -0.413. The number of nitrogens with zero attached hydrogens (tertiary/aromatic N) is 1. The van der Waals surface area contributed by atoms with Crippen molar-refractivity contribution < 1.29 is 14.3 Å². The van der Waals surface area contributed by atoms with Crippen molar-refractivity contribution in [3.8, 4) is 5.75 Å². The van der Waals surface area contributed by atoms with E-state index in [1.165, 1.54) is 12.0 Å². The van der Waals surface area contributed by atoms with Gasteiger partial charge in [0, 0.05) is 0 Å². The highest BCUT2D eigenvalue weighted by atomic mass is 127. The number of methoxy groups -OCH3 is 1. The van der Waals surface area contributed by atoms with Gasteiger partial charge in [0.25, 0.3) is 5.78 Å². The molecule has 1 aliphatic rings. The Bertz CT molecular complexity index is 715. The maximum atomic E-state index is 12.3. The van der Waals surface area contributed by atoms with Crippen molar-refractivity contribution in [2.24, 2.45) is 0 Å². The smallest absolute Gasteiger partial charge is 0.300 e. The quantitative estimate of drug-likeness (QED) is 0.348. The van der Waals surface area contributed by atoms with Gasteiger partial charge in [-0.05, 0) is 23.8 Å². The van der Waals surface area contributed by atoms with Crippen LogP contribution in [0.3, 0.4) is 0 Å². The maximum absolute atomic E-state index is 12.3. The summed E-state index contributed by atoms with van der Waals surface area (Å²) in [6.07, 6.45) is 0. The van der Waals surface area contributed by atoms with Crippen molar-refractivity contribution in [2.75, 3.05) is 12.0 Å². The fourth-order valence-electron chi connectivity index (χ4n) is 2.35. The van der Waals surface area contributed by atoms with Crippen molar-refractivity contribution in [3.05, 3.63) is 59.7 Å². The fourth-order valence-corrected chi connectivity index (χ4v) is 3.32. The van der Waals surface area contributed by atoms with Crippen molar-refractivity contribution in [1.29, 1.82) is 0 Å². The molecule has 0 N–H and O–H groups in total. The topological polar surface area (TPSA) is 46.6 Å². The number of fused-ring (bicyclic) bond motifs is 1. The van der Waals surface area contributed by atoms with Crippen molar-refractivity contribution in [3.63, 3.8) is 0 Å². The number of rotatable bonds is 3. The maximum Gasteiger partial charge on any atom is 0.300 e. The summed E-state index contributed by atoms with van der Waals surface area (Å²) in [4.78, 5) is 26.0.